The van der Waals surface area contributed by atoms with E-state index in [9.17, 15) is 4.21 Å². The van der Waals surface area contributed by atoms with Crippen LogP contribution in [0.25, 0.3) is 0 Å². The van der Waals surface area contributed by atoms with E-state index < -0.39 is 10.8 Å². The van der Waals surface area contributed by atoms with E-state index in [1.54, 1.807) is 0 Å². The van der Waals surface area contributed by atoms with E-state index >= 15 is 0 Å². The van der Waals surface area contributed by atoms with Crippen molar-refractivity contribution in [3.05, 3.63) is 0 Å². The second kappa shape index (κ2) is 12.8. The number of nitrogens with one attached hydrogen (secondary N) is 2. The van der Waals surface area contributed by atoms with Gasteiger partial charge in [0.05, 0.1) is 0 Å². The fourth-order valence-electron chi connectivity index (χ4n) is 4.39. The first-order chi connectivity index (χ1) is 13.1. The van der Waals surface area contributed by atoms with Gasteiger partial charge < -0.3 is 15.5 Å². The van der Waals surface area contributed by atoms with Gasteiger partial charge in [0.25, 0.3) is 0 Å². The highest BCUT2D eigenvalue weighted by Gasteiger charge is 2.26. The minimum absolute atomic E-state index is 0.357. The van der Waals surface area contributed by atoms with E-state index in [0.29, 0.717) is 11.3 Å². The van der Waals surface area contributed by atoms with E-state index in [1.165, 1.54) is 45.3 Å². The van der Waals surface area contributed by atoms with Crippen LogP contribution in [0.5, 0.6) is 0 Å². The Balaban J connectivity index is 1.70. The lowest BCUT2D eigenvalue weighted by molar-refractivity contribution is 0.181. The molecule has 6 heteroatoms. The summed E-state index contributed by atoms with van der Waals surface area (Å²) in [7, 11) is -0.671. The van der Waals surface area contributed by atoms with Crippen molar-refractivity contribution in [2.24, 2.45) is 10.9 Å². The monoisotopic (exact) mass is 398 g/mol. The van der Waals surface area contributed by atoms with E-state index in [2.05, 4.69) is 29.4 Å². The molecule has 2 aliphatic rings. The maximum absolute atomic E-state index is 12.2. The van der Waals surface area contributed by atoms with Gasteiger partial charge in [0.15, 0.2) is 5.96 Å². The van der Waals surface area contributed by atoms with Gasteiger partial charge in [-0.2, -0.15) is 0 Å². The highest BCUT2D eigenvalue weighted by atomic mass is 32.2. The maximum Gasteiger partial charge on any atom is 0.191 e. The third kappa shape index (κ3) is 8.51. The summed E-state index contributed by atoms with van der Waals surface area (Å²) in [6.07, 6.45) is 9.59. The van der Waals surface area contributed by atoms with Gasteiger partial charge in [-0.15, -0.1) is 0 Å². The van der Waals surface area contributed by atoms with Crippen molar-refractivity contribution < 1.29 is 4.21 Å². The van der Waals surface area contributed by atoms with Gasteiger partial charge in [0.2, 0.25) is 0 Å². The number of unbranched alkanes of at least 4 members (excludes halogenated alkanes) is 1. The minimum atomic E-state index is -0.671. The molecule has 1 aliphatic carbocycles. The lowest BCUT2D eigenvalue weighted by Crippen LogP contribution is -2.46. The number of guanidine groups is 1. The maximum atomic E-state index is 12.2. The number of hydrogen-bond acceptors (Lipinski definition) is 3. The normalized spacial score (nSPS) is 28.7. The molecule has 1 heterocycles. The van der Waals surface area contributed by atoms with Gasteiger partial charge in [0, 0.05) is 47.5 Å². The average molecular weight is 399 g/mol. The van der Waals surface area contributed by atoms with Crippen molar-refractivity contribution in [1.29, 1.82) is 0 Å². The van der Waals surface area contributed by atoms with Crippen LogP contribution in [-0.2, 0) is 10.8 Å². The highest BCUT2D eigenvalue weighted by Crippen LogP contribution is 2.23. The van der Waals surface area contributed by atoms with E-state index in [-0.39, 0.29) is 0 Å². The molecule has 0 aromatic heterocycles. The first kappa shape index (κ1) is 22.7. The molecule has 2 N–H and O–H groups in total. The molecule has 1 saturated carbocycles. The van der Waals surface area contributed by atoms with Crippen LogP contribution in [-0.4, -0.2) is 64.8 Å². The van der Waals surface area contributed by atoms with E-state index in [0.717, 1.165) is 56.4 Å². The van der Waals surface area contributed by atoms with Crippen LogP contribution in [0.2, 0.25) is 0 Å². The van der Waals surface area contributed by atoms with Crippen molar-refractivity contribution in [3.63, 3.8) is 0 Å². The zero-order valence-corrected chi connectivity index (χ0v) is 18.7. The Morgan fingerprint density at radius 3 is 2.78 bits per heavy atom. The van der Waals surface area contributed by atoms with Crippen LogP contribution >= 0.6 is 0 Å². The summed E-state index contributed by atoms with van der Waals surface area (Å²) in [5.41, 5.74) is 0. The van der Waals surface area contributed by atoms with Crippen LogP contribution in [0, 0.1) is 5.92 Å². The zero-order valence-electron chi connectivity index (χ0n) is 17.8. The third-order valence-corrected chi connectivity index (χ3v) is 7.60. The molecule has 4 unspecified atom stereocenters. The molecule has 27 heavy (non-hydrogen) atoms. The molecule has 2 fully saturated rings. The minimum Gasteiger partial charge on any atom is -0.357 e. The second-order valence-corrected chi connectivity index (χ2v) is 10.3. The molecule has 1 saturated heterocycles. The van der Waals surface area contributed by atoms with E-state index in [1.807, 2.05) is 6.92 Å². The predicted octanol–water partition coefficient (Wildman–Crippen LogP) is 3.13. The second-order valence-electron chi connectivity index (χ2n) is 8.32. The largest absolute Gasteiger partial charge is 0.357 e. The molecule has 2 rings (SSSR count). The van der Waals surface area contributed by atoms with Crippen molar-refractivity contribution in [2.75, 3.05) is 38.5 Å². The zero-order chi connectivity index (χ0) is 19.5. The SMILES string of the molecule is CCNC(=NCCCCN1CCCC(C)C1)NC1CCCC(S(=O)CC)C1. The molecule has 0 aromatic rings. The summed E-state index contributed by atoms with van der Waals surface area (Å²) in [5, 5.41) is 7.35. The van der Waals surface area contributed by atoms with Crippen LogP contribution in [0.1, 0.15) is 72.1 Å². The molecular formula is C21H42N4OS. The Hall–Kier alpha value is -0.620. The topological polar surface area (TPSA) is 56.7 Å². The number of hydrogen-bond donors (Lipinski definition) is 2. The molecule has 0 radical (unpaired) electrons. The first-order valence-corrected chi connectivity index (χ1v) is 12.6. The van der Waals surface area contributed by atoms with Gasteiger partial charge in [-0.3, -0.25) is 9.20 Å². The quantitative estimate of drug-likeness (QED) is 0.356. The Labute approximate surface area is 169 Å². The molecular weight excluding hydrogens is 356 g/mol. The van der Waals surface area contributed by atoms with Crippen molar-refractivity contribution in [1.82, 2.24) is 15.5 Å². The summed E-state index contributed by atoms with van der Waals surface area (Å²) in [4.78, 5) is 7.42. The molecule has 158 valence electrons. The predicted molar refractivity (Wildman–Crippen MR) is 118 cm³/mol. The Bertz CT molecular complexity index is 471. The smallest absolute Gasteiger partial charge is 0.191 e. The summed E-state index contributed by atoms with van der Waals surface area (Å²) in [6.45, 7) is 12.1. The number of piperidine rings is 1. The summed E-state index contributed by atoms with van der Waals surface area (Å²) in [6, 6.07) is 0.409. The number of rotatable bonds is 9. The lowest BCUT2D eigenvalue weighted by atomic mass is 9.95. The van der Waals surface area contributed by atoms with Crippen LogP contribution in [0.3, 0.4) is 0 Å². The third-order valence-electron chi connectivity index (χ3n) is 5.86. The Morgan fingerprint density at radius 2 is 2.04 bits per heavy atom. The molecule has 0 spiro atoms. The van der Waals surface area contributed by atoms with Crippen molar-refractivity contribution in [3.8, 4) is 0 Å². The molecule has 5 nitrogen and oxygen atoms in total. The fraction of sp³-hybridized carbons (Fsp3) is 0.952. The Morgan fingerprint density at radius 1 is 1.19 bits per heavy atom. The molecule has 0 bridgehead atoms. The molecule has 4 atom stereocenters. The van der Waals surface area contributed by atoms with Crippen LogP contribution < -0.4 is 10.6 Å². The molecule has 0 amide bonds. The van der Waals surface area contributed by atoms with Gasteiger partial charge >= 0.3 is 0 Å². The van der Waals surface area contributed by atoms with Gasteiger partial charge in [-0.1, -0.05) is 20.3 Å². The van der Waals surface area contributed by atoms with Crippen LogP contribution in [0.15, 0.2) is 4.99 Å². The standard InChI is InChI=1S/C21H42N4OS/c1-4-22-21(24-19-11-8-12-20(16-19)27(26)5-2)23-13-6-7-14-25-15-9-10-18(3)17-25/h18-20H,4-17H2,1-3H3,(H2,22,23,24). The fourth-order valence-corrected chi connectivity index (χ4v) is 5.74. The van der Waals surface area contributed by atoms with E-state index in [4.69, 9.17) is 4.99 Å². The summed E-state index contributed by atoms with van der Waals surface area (Å²) < 4.78 is 12.2. The van der Waals surface area contributed by atoms with Crippen molar-refractivity contribution in [2.45, 2.75) is 83.4 Å². The van der Waals surface area contributed by atoms with Gasteiger partial charge in [-0.05, 0) is 70.9 Å². The van der Waals surface area contributed by atoms with Gasteiger partial charge in [0.1, 0.15) is 0 Å². The average Bonchev–Trinajstić information content (AvgIpc) is 2.67. The molecule has 0 aromatic carbocycles. The first-order valence-electron chi connectivity index (χ1n) is 11.3. The summed E-state index contributed by atoms with van der Waals surface area (Å²) in [5.74, 6) is 2.58. The number of aliphatic imine (C=N–C) groups is 1. The van der Waals surface area contributed by atoms with Crippen molar-refractivity contribution >= 4 is 16.8 Å². The van der Waals surface area contributed by atoms with Crippen LogP contribution in [0.4, 0.5) is 0 Å². The van der Waals surface area contributed by atoms with Gasteiger partial charge in [-0.25, -0.2) is 0 Å². The number of nitrogens with zero attached hydrogens (tertiary/aromatic N) is 2. The molecule has 1 aliphatic heterocycles. The summed E-state index contributed by atoms with van der Waals surface area (Å²) >= 11 is 0. The lowest BCUT2D eigenvalue weighted by Gasteiger charge is -2.30. The Kier molecular flexibility index (Phi) is 10.7. The highest BCUT2D eigenvalue weighted by molar-refractivity contribution is 7.85. The number of likely N-dealkylation sites (tertiary alicyclic amines) is 1.